The van der Waals surface area contributed by atoms with Crippen molar-refractivity contribution in [1.29, 1.82) is 0 Å². The van der Waals surface area contributed by atoms with Gasteiger partial charge in [-0.25, -0.2) is 0 Å². The van der Waals surface area contributed by atoms with Crippen molar-refractivity contribution in [2.24, 2.45) is 0 Å². The number of aromatic amines is 1. The second-order valence-corrected chi connectivity index (χ2v) is 6.99. The molecule has 1 aromatic heterocycles. The van der Waals surface area contributed by atoms with Gasteiger partial charge >= 0.3 is 0 Å². The first-order chi connectivity index (χ1) is 13.6. The number of carbonyl (C=O) groups excluding carboxylic acids is 2. The van der Waals surface area contributed by atoms with Gasteiger partial charge in [-0.1, -0.05) is 17.7 Å². The normalized spacial score (nSPS) is 14.3. The third-order valence-corrected chi connectivity index (χ3v) is 5.02. The number of H-pyrrole nitrogens is 1. The Morgan fingerprint density at radius 2 is 1.82 bits per heavy atom. The fraction of sp³-hybridized carbons (Fsp3) is 0.263. The Labute approximate surface area is 166 Å². The lowest BCUT2D eigenvalue weighted by molar-refractivity contribution is -0.130. The van der Waals surface area contributed by atoms with E-state index in [1.807, 2.05) is 24.3 Å². The van der Waals surface area contributed by atoms with Gasteiger partial charge in [-0.3, -0.25) is 9.59 Å². The summed E-state index contributed by atoms with van der Waals surface area (Å²) < 4.78 is 0. The van der Waals surface area contributed by atoms with Crippen molar-refractivity contribution >= 4 is 40.1 Å². The number of carbonyl (C=O) groups is 2. The Kier molecular flexibility index (Phi) is 5.12. The second kappa shape index (κ2) is 7.85. The smallest absolute Gasteiger partial charge is 0.251 e. The van der Waals surface area contributed by atoms with E-state index in [1.165, 1.54) is 0 Å². The first-order valence-electron chi connectivity index (χ1n) is 8.97. The average molecular weight is 399 g/mol. The molecule has 2 heterocycles. The number of hydrogen-bond donors (Lipinski definition) is 2. The summed E-state index contributed by atoms with van der Waals surface area (Å²) in [4.78, 5) is 28.7. The van der Waals surface area contributed by atoms with Gasteiger partial charge in [0.2, 0.25) is 5.91 Å². The van der Waals surface area contributed by atoms with Crippen molar-refractivity contribution in [2.45, 2.75) is 0 Å². The van der Waals surface area contributed by atoms with Crippen LogP contribution in [0.25, 0.3) is 11.0 Å². The molecule has 0 aliphatic carbocycles. The number of nitrogens with zero attached hydrogens (tertiary/aromatic N) is 4. The SMILES string of the molecule is O=C(NCC(=O)N1CCN(c2cccc(Cl)c2)CC1)c1ccc2n[nH]nc2c1. The van der Waals surface area contributed by atoms with Crippen LogP contribution in [0.1, 0.15) is 10.4 Å². The summed E-state index contributed by atoms with van der Waals surface area (Å²) >= 11 is 6.05. The number of halogens is 1. The molecule has 0 atom stereocenters. The summed E-state index contributed by atoms with van der Waals surface area (Å²) in [5.41, 5.74) is 2.79. The van der Waals surface area contributed by atoms with E-state index in [2.05, 4.69) is 25.6 Å². The molecule has 144 valence electrons. The number of fused-ring (bicyclic) bond motifs is 1. The number of nitrogens with one attached hydrogen (secondary N) is 2. The molecule has 1 aliphatic rings. The number of anilines is 1. The monoisotopic (exact) mass is 398 g/mol. The second-order valence-electron chi connectivity index (χ2n) is 6.56. The highest BCUT2D eigenvalue weighted by Gasteiger charge is 2.22. The summed E-state index contributed by atoms with van der Waals surface area (Å²) in [6, 6.07) is 12.7. The maximum absolute atomic E-state index is 12.4. The molecule has 1 saturated heterocycles. The Hall–Kier alpha value is -3.13. The minimum Gasteiger partial charge on any atom is -0.368 e. The van der Waals surface area contributed by atoms with Gasteiger partial charge in [0, 0.05) is 42.5 Å². The van der Waals surface area contributed by atoms with Crippen molar-refractivity contribution in [3.05, 3.63) is 53.1 Å². The molecule has 0 bridgehead atoms. The molecular formula is C19H19ClN6O2. The number of rotatable bonds is 4. The number of aromatic nitrogens is 3. The van der Waals surface area contributed by atoms with Crippen LogP contribution < -0.4 is 10.2 Å². The molecule has 2 aromatic carbocycles. The molecule has 28 heavy (non-hydrogen) atoms. The van der Waals surface area contributed by atoms with Gasteiger partial charge in [-0.15, -0.1) is 0 Å². The predicted molar refractivity (Wildman–Crippen MR) is 106 cm³/mol. The van der Waals surface area contributed by atoms with Crippen LogP contribution in [0.15, 0.2) is 42.5 Å². The fourth-order valence-electron chi connectivity index (χ4n) is 3.24. The molecule has 0 unspecified atom stereocenters. The van der Waals surface area contributed by atoms with Crippen molar-refractivity contribution in [3.8, 4) is 0 Å². The molecule has 0 spiro atoms. The van der Waals surface area contributed by atoms with Crippen LogP contribution in [-0.4, -0.2) is 64.8 Å². The zero-order valence-corrected chi connectivity index (χ0v) is 15.8. The Morgan fingerprint density at radius 3 is 2.61 bits per heavy atom. The van der Waals surface area contributed by atoms with E-state index in [0.717, 1.165) is 18.8 Å². The van der Waals surface area contributed by atoms with Crippen molar-refractivity contribution in [2.75, 3.05) is 37.6 Å². The molecule has 0 radical (unpaired) electrons. The molecule has 2 amide bonds. The van der Waals surface area contributed by atoms with Crippen LogP contribution in [0.2, 0.25) is 5.02 Å². The van der Waals surface area contributed by atoms with Gasteiger partial charge in [0.05, 0.1) is 6.54 Å². The van der Waals surface area contributed by atoms with Gasteiger partial charge in [0.1, 0.15) is 11.0 Å². The van der Waals surface area contributed by atoms with E-state index in [-0.39, 0.29) is 18.4 Å². The first-order valence-corrected chi connectivity index (χ1v) is 9.35. The van der Waals surface area contributed by atoms with Crippen LogP contribution in [0.3, 0.4) is 0 Å². The number of benzene rings is 2. The highest BCUT2D eigenvalue weighted by molar-refractivity contribution is 6.30. The maximum Gasteiger partial charge on any atom is 0.251 e. The van der Waals surface area contributed by atoms with Crippen molar-refractivity contribution in [3.63, 3.8) is 0 Å². The van der Waals surface area contributed by atoms with Crippen LogP contribution in [-0.2, 0) is 4.79 Å². The van der Waals surface area contributed by atoms with Crippen LogP contribution in [0.5, 0.6) is 0 Å². The van der Waals surface area contributed by atoms with Gasteiger partial charge in [-0.2, -0.15) is 15.4 Å². The molecule has 4 rings (SSSR count). The van der Waals surface area contributed by atoms with E-state index in [9.17, 15) is 9.59 Å². The van der Waals surface area contributed by atoms with E-state index in [1.54, 1.807) is 23.1 Å². The number of piperazine rings is 1. The quantitative estimate of drug-likeness (QED) is 0.697. The summed E-state index contributed by atoms with van der Waals surface area (Å²) in [6.07, 6.45) is 0. The highest BCUT2D eigenvalue weighted by Crippen LogP contribution is 2.20. The van der Waals surface area contributed by atoms with Crippen molar-refractivity contribution in [1.82, 2.24) is 25.6 Å². The van der Waals surface area contributed by atoms with E-state index < -0.39 is 0 Å². The first kappa shape index (κ1) is 18.2. The van der Waals surface area contributed by atoms with Crippen LogP contribution in [0.4, 0.5) is 5.69 Å². The van der Waals surface area contributed by atoms with Gasteiger partial charge in [0.25, 0.3) is 5.91 Å². The largest absolute Gasteiger partial charge is 0.368 e. The fourth-order valence-corrected chi connectivity index (χ4v) is 3.42. The minimum absolute atomic E-state index is 0.0349. The van der Waals surface area contributed by atoms with E-state index in [4.69, 9.17) is 11.6 Å². The van der Waals surface area contributed by atoms with E-state index >= 15 is 0 Å². The summed E-state index contributed by atoms with van der Waals surface area (Å²) in [5.74, 6) is -0.405. The van der Waals surface area contributed by atoms with Crippen LogP contribution in [0, 0.1) is 0 Å². The Bertz CT molecular complexity index is 1010. The zero-order valence-electron chi connectivity index (χ0n) is 15.1. The molecule has 3 aromatic rings. The predicted octanol–water partition coefficient (Wildman–Crippen LogP) is 1.69. The van der Waals surface area contributed by atoms with Crippen molar-refractivity contribution < 1.29 is 9.59 Å². The maximum atomic E-state index is 12.4. The van der Waals surface area contributed by atoms with Gasteiger partial charge < -0.3 is 15.1 Å². The lowest BCUT2D eigenvalue weighted by atomic mass is 10.2. The molecule has 8 nitrogen and oxygen atoms in total. The number of amides is 2. The van der Waals surface area contributed by atoms with Gasteiger partial charge in [0.15, 0.2) is 0 Å². The lowest BCUT2D eigenvalue weighted by Gasteiger charge is -2.36. The summed E-state index contributed by atoms with van der Waals surface area (Å²) in [7, 11) is 0. The molecule has 2 N–H and O–H groups in total. The minimum atomic E-state index is -0.309. The average Bonchev–Trinajstić information content (AvgIpc) is 3.20. The highest BCUT2D eigenvalue weighted by atomic mass is 35.5. The van der Waals surface area contributed by atoms with Crippen LogP contribution >= 0.6 is 11.6 Å². The third-order valence-electron chi connectivity index (χ3n) is 4.78. The van der Waals surface area contributed by atoms with E-state index in [0.29, 0.717) is 34.7 Å². The standard InChI is InChI=1S/C19H19ClN6O2/c20-14-2-1-3-15(11-14)25-6-8-26(9-7-25)18(27)12-21-19(28)13-4-5-16-17(10-13)23-24-22-16/h1-5,10-11H,6-9,12H2,(H,21,28)(H,22,23,24). The summed E-state index contributed by atoms with van der Waals surface area (Å²) in [5, 5.41) is 13.8. The number of hydrogen-bond acceptors (Lipinski definition) is 5. The zero-order chi connectivity index (χ0) is 19.5. The Balaban J connectivity index is 1.29. The molecular weight excluding hydrogens is 380 g/mol. The molecule has 0 saturated carbocycles. The summed E-state index contributed by atoms with van der Waals surface area (Å²) in [6.45, 7) is 2.62. The Morgan fingerprint density at radius 1 is 1.04 bits per heavy atom. The topological polar surface area (TPSA) is 94.2 Å². The molecule has 9 heteroatoms. The lowest BCUT2D eigenvalue weighted by Crippen LogP contribution is -2.51. The molecule has 1 aliphatic heterocycles. The molecule has 1 fully saturated rings. The van der Waals surface area contributed by atoms with Gasteiger partial charge in [-0.05, 0) is 36.4 Å². The third kappa shape index (κ3) is 3.91.